The van der Waals surface area contributed by atoms with Crippen LogP contribution in [0.5, 0.6) is 5.75 Å². The van der Waals surface area contributed by atoms with Crippen LogP contribution in [0.25, 0.3) is 11.1 Å². The Labute approximate surface area is 169 Å². The molecule has 0 atom stereocenters. The Morgan fingerprint density at radius 2 is 1.48 bits per heavy atom. The van der Waals surface area contributed by atoms with E-state index in [0.29, 0.717) is 5.69 Å². The van der Waals surface area contributed by atoms with E-state index in [-0.39, 0.29) is 11.1 Å². The Kier molecular flexibility index (Phi) is 5.47. The van der Waals surface area contributed by atoms with E-state index in [0.717, 1.165) is 22.4 Å². The molecule has 0 amide bonds. The second kappa shape index (κ2) is 8.19. The third kappa shape index (κ3) is 4.39. The number of nitrogens with one attached hydrogen (secondary N) is 5. The van der Waals surface area contributed by atoms with Crippen LogP contribution in [-0.4, -0.2) is 15.5 Å². The molecule has 0 saturated carbocycles. The molecule has 1 heterocycles. The molecular formula is C20H21N5O3S. The predicted molar refractivity (Wildman–Crippen MR) is 111 cm³/mol. The van der Waals surface area contributed by atoms with Crippen LogP contribution in [0.2, 0.25) is 0 Å². The minimum Gasteiger partial charge on any atom is -0.497 e. The second-order valence-corrected chi connectivity index (χ2v) is 8.14. The number of hydrogen-bond donors (Lipinski definition) is 5. The summed E-state index contributed by atoms with van der Waals surface area (Å²) in [5.41, 5.74) is 14.7. The first-order valence-corrected chi connectivity index (χ1v) is 10.4. The standard InChI is InChI=1S/C20H21N5O3S/c1-28-18-9-5-14(6-10-18)15-7-11-19(12-8-15)29(26,27)23-17-4-2-3-16(13-17)20-21-24-25-22-20/h2-13,20-25H,1H3. The molecule has 0 spiro atoms. The molecule has 4 rings (SSSR count). The average Bonchev–Trinajstić information content (AvgIpc) is 3.29. The van der Waals surface area contributed by atoms with Crippen LogP contribution in [0.3, 0.4) is 0 Å². The molecule has 1 saturated heterocycles. The van der Waals surface area contributed by atoms with E-state index < -0.39 is 10.0 Å². The highest BCUT2D eigenvalue weighted by Crippen LogP contribution is 2.25. The Bertz CT molecular complexity index is 1080. The van der Waals surface area contributed by atoms with E-state index in [1.807, 2.05) is 30.3 Å². The van der Waals surface area contributed by atoms with Crippen molar-refractivity contribution < 1.29 is 13.2 Å². The molecule has 0 aromatic heterocycles. The predicted octanol–water partition coefficient (Wildman–Crippen LogP) is 2.28. The van der Waals surface area contributed by atoms with E-state index in [1.165, 1.54) is 0 Å². The Balaban J connectivity index is 1.52. The molecule has 9 heteroatoms. The molecule has 5 N–H and O–H groups in total. The molecule has 3 aromatic carbocycles. The highest BCUT2D eigenvalue weighted by atomic mass is 32.2. The van der Waals surface area contributed by atoms with Gasteiger partial charge in [-0.1, -0.05) is 36.4 Å². The van der Waals surface area contributed by atoms with Gasteiger partial charge in [0.25, 0.3) is 10.0 Å². The van der Waals surface area contributed by atoms with Crippen molar-refractivity contribution in [2.75, 3.05) is 11.8 Å². The molecule has 29 heavy (non-hydrogen) atoms. The van der Waals surface area contributed by atoms with Crippen molar-refractivity contribution in [2.45, 2.75) is 11.1 Å². The minimum atomic E-state index is -3.71. The molecule has 0 unspecified atom stereocenters. The zero-order valence-electron chi connectivity index (χ0n) is 15.6. The second-order valence-electron chi connectivity index (χ2n) is 6.46. The van der Waals surface area contributed by atoms with Gasteiger partial charge in [-0.25, -0.2) is 19.3 Å². The maximum Gasteiger partial charge on any atom is 0.261 e. The van der Waals surface area contributed by atoms with E-state index in [4.69, 9.17) is 4.74 Å². The normalized spacial score (nSPS) is 14.7. The Morgan fingerprint density at radius 1 is 0.862 bits per heavy atom. The maximum absolute atomic E-state index is 12.8. The van der Waals surface area contributed by atoms with Crippen molar-refractivity contribution in [1.29, 1.82) is 0 Å². The zero-order valence-corrected chi connectivity index (χ0v) is 16.5. The number of hydrogen-bond acceptors (Lipinski definition) is 7. The average molecular weight is 411 g/mol. The van der Waals surface area contributed by atoms with Crippen molar-refractivity contribution in [3.05, 3.63) is 78.4 Å². The van der Waals surface area contributed by atoms with Gasteiger partial charge in [0.1, 0.15) is 11.9 Å². The number of benzene rings is 3. The van der Waals surface area contributed by atoms with E-state index in [2.05, 4.69) is 26.6 Å². The lowest BCUT2D eigenvalue weighted by molar-refractivity contribution is 0.415. The summed E-state index contributed by atoms with van der Waals surface area (Å²) in [6, 6.07) is 21.5. The van der Waals surface area contributed by atoms with Gasteiger partial charge in [-0.15, -0.1) is 0 Å². The monoisotopic (exact) mass is 411 g/mol. The summed E-state index contributed by atoms with van der Waals surface area (Å²) in [5.74, 6) is 0.772. The largest absolute Gasteiger partial charge is 0.497 e. The van der Waals surface area contributed by atoms with Gasteiger partial charge in [0, 0.05) is 5.69 Å². The third-order valence-electron chi connectivity index (χ3n) is 4.56. The van der Waals surface area contributed by atoms with E-state index >= 15 is 0 Å². The van der Waals surface area contributed by atoms with Gasteiger partial charge in [0.05, 0.1) is 12.0 Å². The maximum atomic E-state index is 12.8. The lowest BCUT2D eigenvalue weighted by Crippen LogP contribution is -2.33. The molecule has 1 aliphatic rings. The zero-order chi connectivity index (χ0) is 20.3. The van der Waals surface area contributed by atoms with E-state index in [9.17, 15) is 8.42 Å². The van der Waals surface area contributed by atoms with Gasteiger partial charge in [-0.2, -0.15) is 11.1 Å². The number of hydrazine groups is 3. The Hall–Kier alpha value is -2.95. The smallest absolute Gasteiger partial charge is 0.261 e. The highest BCUT2D eigenvalue weighted by Gasteiger charge is 2.18. The third-order valence-corrected chi connectivity index (χ3v) is 5.95. The fraction of sp³-hybridized carbons (Fsp3) is 0.100. The van der Waals surface area contributed by atoms with Gasteiger partial charge in [0.2, 0.25) is 0 Å². The number of ether oxygens (including phenoxy) is 1. The molecule has 1 aliphatic heterocycles. The van der Waals surface area contributed by atoms with Crippen LogP contribution in [0, 0.1) is 0 Å². The molecule has 1 fully saturated rings. The van der Waals surface area contributed by atoms with Crippen molar-refractivity contribution in [3.8, 4) is 16.9 Å². The summed E-state index contributed by atoms with van der Waals surface area (Å²) in [7, 11) is -2.09. The van der Waals surface area contributed by atoms with Gasteiger partial charge in [0.15, 0.2) is 0 Å². The first-order chi connectivity index (χ1) is 14.0. The minimum absolute atomic E-state index is 0.178. The summed E-state index contributed by atoms with van der Waals surface area (Å²) < 4.78 is 33.4. The molecular weight excluding hydrogens is 390 g/mol. The van der Waals surface area contributed by atoms with Crippen molar-refractivity contribution >= 4 is 15.7 Å². The first-order valence-electron chi connectivity index (χ1n) is 8.93. The summed E-state index contributed by atoms with van der Waals surface area (Å²) in [5, 5.41) is 0. The number of rotatable bonds is 6. The Morgan fingerprint density at radius 3 is 2.10 bits per heavy atom. The van der Waals surface area contributed by atoms with Crippen molar-refractivity contribution in [1.82, 2.24) is 21.9 Å². The number of methoxy groups -OCH3 is 1. The van der Waals surface area contributed by atoms with Gasteiger partial charge < -0.3 is 4.74 Å². The van der Waals surface area contributed by atoms with Crippen molar-refractivity contribution in [2.24, 2.45) is 0 Å². The SMILES string of the molecule is COc1ccc(-c2ccc(S(=O)(=O)Nc3cccc(C4NNNN4)c3)cc2)cc1. The lowest BCUT2D eigenvalue weighted by atomic mass is 10.1. The van der Waals surface area contributed by atoms with Crippen LogP contribution in [-0.2, 0) is 10.0 Å². The van der Waals surface area contributed by atoms with Crippen LogP contribution < -0.4 is 31.4 Å². The first kappa shape index (κ1) is 19.4. The molecule has 150 valence electrons. The molecule has 8 nitrogen and oxygen atoms in total. The van der Waals surface area contributed by atoms with Gasteiger partial charge in [-0.3, -0.25) is 4.72 Å². The molecule has 0 radical (unpaired) electrons. The van der Waals surface area contributed by atoms with Crippen molar-refractivity contribution in [3.63, 3.8) is 0 Å². The summed E-state index contributed by atoms with van der Waals surface area (Å²) in [4.78, 5) is 0.195. The molecule has 0 bridgehead atoms. The molecule has 3 aromatic rings. The topological polar surface area (TPSA) is 104 Å². The van der Waals surface area contributed by atoms with Crippen LogP contribution in [0.1, 0.15) is 11.7 Å². The quantitative estimate of drug-likeness (QED) is 0.424. The van der Waals surface area contributed by atoms with Crippen LogP contribution in [0.15, 0.2) is 77.7 Å². The van der Waals surface area contributed by atoms with Crippen LogP contribution in [0.4, 0.5) is 5.69 Å². The fourth-order valence-electron chi connectivity index (χ4n) is 3.03. The lowest BCUT2D eigenvalue weighted by Gasteiger charge is -2.13. The summed E-state index contributed by atoms with van der Waals surface area (Å²) in [6.07, 6.45) is -0.178. The van der Waals surface area contributed by atoms with Gasteiger partial charge >= 0.3 is 0 Å². The van der Waals surface area contributed by atoms with E-state index in [1.54, 1.807) is 49.6 Å². The van der Waals surface area contributed by atoms with Gasteiger partial charge in [-0.05, 0) is 53.1 Å². The highest BCUT2D eigenvalue weighted by molar-refractivity contribution is 7.92. The number of sulfonamides is 1. The fourth-order valence-corrected chi connectivity index (χ4v) is 4.07. The molecule has 0 aliphatic carbocycles. The summed E-state index contributed by atoms with van der Waals surface area (Å²) >= 11 is 0. The number of anilines is 1. The summed E-state index contributed by atoms with van der Waals surface area (Å²) in [6.45, 7) is 0. The van der Waals surface area contributed by atoms with Crippen LogP contribution >= 0.6 is 0 Å².